The third-order valence-corrected chi connectivity index (χ3v) is 4.06. The lowest BCUT2D eigenvalue weighted by atomic mass is 10.1. The van der Waals surface area contributed by atoms with E-state index in [2.05, 4.69) is 39.9 Å². The molecule has 0 saturated carbocycles. The van der Waals surface area contributed by atoms with Gasteiger partial charge in [0.05, 0.1) is 5.69 Å². The molecule has 1 unspecified atom stereocenters. The molecule has 1 heterocycles. The van der Waals surface area contributed by atoms with Crippen LogP contribution in [0.25, 0.3) is 0 Å². The summed E-state index contributed by atoms with van der Waals surface area (Å²) < 4.78 is 5.49. The van der Waals surface area contributed by atoms with Gasteiger partial charge in [0.1, 0.15) is 11.1 Å². The van der Waals surface area contributed by atoms with Crippen molar-refractivity contribution in [3.8, 4) is 0 Å². The van der Waals surface area contributed by atoms with Gasteiger partial charge in [0.2, 0.25) is 0 Å². The molecule has 0 fully saturated rings. The standard InChI is InChI=1S/C14H26N2OS/c1-7-11(17-6)14-16-13(9(2)3)12(18-14)8-15-10(4)5/h9-11,15H,7-8H2,1-6H3. The Labute approximate surface area is 115 Å². The first-order valence-electron chi connectivity index (χ1n) is 6.75. The van der Waals surface area contributed by atoms with Crippen molar-refractivity contribution >= 4 is 11.3 Å². The smallest absolute Gasteiger partial charge is 0.122 e. The second-order valence-corrected chi connectivity index (χ2v) is 6.30. The van der Waals surface area contributed by atoms with Gasteiger partial charge in [-0.1, -0.05) is 34.6 Å². The number of nitrogens with zero attached hydrogens (tertiary/aromatic N) is 1. The molecule has 0 aromatic carbocycles. The number of hydrogen-bond acceptors (Lipinski definition) is 4. The molecule has 4 heteroatoms. The highest BCUT2D eigenvalue weighted by molar-refractivity contribution is 7.11. The van der Waals surface area contributed by atoms with Crippen molar-refractivity contribution in [2.45, 2.75) is 65.6 Å². The summed E-state index contributed by atoms with van der Waals surface area (Å²) in [5, 5.41) is 4.59. The topological polar surface area (TPSA) is 34.1 Å². The van der Waals surface area contributed by atoms with E-state index in [0.29, 0.717) is 12.0 Å². The molecule has 0 spiro atoms. The van der Waals surface area contributed by atoms with Gasteiger partial charge in [-0.25, -0.2) is 4.98 Å². The van der Waals surface area contributed by atoms with E-state index in [0.717, 1.165) is 18.0 Å². The highest BCUT2D eigenvalue weighted by Gasteiger charge is 2.19. The third kappa shape index (κ3) is 4.04. The molecule has 18 heavy (non-hydrogen) atoms. The minimum Gasteiger partial charge on any atom is -0.374 e. The number of hydrogen-bond donors (Lipinski definition) is 1. The molecule has 104 valence electrons. The Hall–Kier alpha value is -0.450. The van der Waals surface area contributed by atoms with Crippen LogP contribution in [0.15, 0.2) is 0 Å². The quantitative estimate of drug-likeness (QED) is 0.817. The fourth-order valence-corrected chi connectivity index (χ4v) is 3.17. The lowest BCUT2D eigenvalue weighted by Crippen LogP contribution is -2.22. The molecule has 1 aromatic heterocycles. The second kappa shape index (κ2) is 7.22. The van der Waals surface area contributed by atoms with Gasteiger partial charge in [-0.15, -0.1) is 11.3 Å². The van der Waals surface area contributed by atoms with Crippen molar-refractivity contribution in [3.05, 3.63) is 15.6 Å². The van der Waals surface area contributed by atoms with Gasteiger partial charge < -0.3 is 10.1 Å². The Morgan fingerprint density at radius 3 is 2.39 bits per heavy atom. The van der Waals surface area contributed by atoms with Gasteiger partial charge in [0, 0.05) is 24.6 Å². The number of methoxy groups -OCH3 is 1. The molecular weight excluding hydrogens is 244 g/mol. The summed E-state index contributed by atoms with van der Waals surface area (Å²) in [6.45, 7) is 11.8. The van der Waals surface area contributed by atoms with Crippen LogP contribution in [-0.2, 0) is 11.3 Å². The van der Waals surface area contributed by atoms with Crippen molar-refractivity contribution in [1.82, 2.24) is 10.3 Å². The van der Waals surface area contributed by atoms with Gasteiger partial charge in [-0.3, -0.25) is 0 Å². The fraction of sp³-hybridized carbons (Fsp3) is 0.786. The van der Waals surface area contributed by atoms with Crippen LogP contribution in [0.4, 0.5) is 0 Å². The molecule has 1 rings (SSSR count). The maximum absolute atomic E-state index is 5.49. The predicted molar refractivity (Wildman–Crippen MR) is 78.2 cm³/mol. The highest BCUT2D eigenvalue weighted by Crippen LogP contribution is 2.31. The van der Waals surface area contributed by atoms with E-state index < -0.39 is 0 Å². The van der Waals surface area contributed by atoms with E-state index >= 15 is 0 Å². The number of thiazole rings is 1. The maximum Gasteiger partial charge on any atom is 0.122 e. The Kier molecular flexibility index (Phi) is 6.26. The monoisotopic (exact) mass is 270 g/mol. The van der Waals surface area contributed by atoms with Gasteiger partial charge >= 0.3 is 0 Å². The van der Waals surface area contributed by atoms with Crippen molar-refractivity contribution < 1.29 is 4.74 Å². The zero-order chi connectivity index (χ0) is 13.7. The molecule has 1 N–H and O–H groups in total. The molecule has 0 bridgehead atoms. The summed E-state index contributed by atoms with van der Waals surface area (Å²) in [5.74, 6) is 0.466. The SMILES string of the molecule is CCC(OC)c1nc(C(C)C)c(CNC(C)C)s1. The number of nitrogens with one attached hydrogen (secondary N) is 1. The summed E-state index contributed by atoms with van der Waals surface area (Å²) in [6, 6.07) is 0.500. The molecule has 0 aliphatic carbocycles. The first-order valence-corrected chi connectivity index (χ1v) is 7.56. The zero-order valence-electron chi connectivity index (χ0n) is 12.4. The van der Waals surface area contributed by atoms with Crippen molar-refractivity contribution in [2.75, 3.05) is 7.11 Å². The third-order valence-electron chi connectivity index (χ3n) is 2.89. The minimum atomic E-state index is 0.139. The molecule has 0 amide bonds. The average molecular weight is 270 g/mol. The normalized spacial score (nSPS) is 13.6. The Balaban J connectivity index is 2.93. The van der Waals surface area contributed by atoms with Crippen molar-refractivity contribution in [3.63, 3.8) is 0 Å². The van der Waals surface area contributed by atoms with Crippen LogP contribution < -0.4 is 5.32 Å². The van der Waals surface area contributed by atoms with Crippen LogP contribution in [-0.4, -0.2) is 18.1 Å². The first kappa shape index (κ1) is 15.6. The van der Waals surface area contributed by atoms with Crippen LogP contribution in [0.3, 0.4) is 0 Å². The summed E-state index contributed by atoms with van der Waals surface area (Å²) in [4.78, 5) is 6.13. The number of aromatic nitrogens is 1. The maximum atomic E-state index is 5.49. The zero-order valence-corrected chi connectivity index (χ0v) is 13.2. The molecule has 0 aliphatic rings. The lowest BCUT2D eigenvalue weighted by Gasteiger charge is -2.09. The predicted octanol–water partition coefficient (Wildman–Crippen LogP) is 3.86. The van der Waals surface area contributed by atoms with E-state index in [1.807, 2.05) is 0 Å². The van der Waals surface area contributed by atoms with Crippen molar-refractivity contribution in [2.24, 2.45) is 0 Å². The van der Waals surface area contributed by atoms with Crippen LogP contribution >= 0.6 is 11.3 Å². The molecule has 0 saturated heterocycles. The Morgan fingerprint density at radius 2 is 1.94 bits per heavy atom. The molecule has 1 aromatic rings. The largest absolute Gasteiger partial charge is 0.374 e. The molecule has 0 radical (unpaired) electrons. The highest BCUT2D eigenvalue weighted by atomic mass is 32.1. The van der Waals surface area contributed by atoms with E-state index in [1.54, 1.807) is 18.4 Å². The van der Waals surface area contributed by atoms with Crippen molar-refractivity contribution in [1.29, 1.82) is 0 Å². The minimum absolute atomic E-state index is 0.139. The van der Waals surface area contributed by atoms with Gasteiger partial charge in [-0.2, -0.15) is 0 Å². The molecule has 1 atom stereocenters. The summed E-state index contributed by atoms with van der Waals surface area (Å²) in [7, 11) is 1.76. The molecule has 3 nitrogen and oxygen atoms in total. The molecular formula is C14H26N2OS. The van der Waals surface area contributed by atoms with Crippen LogP contribution in [0.5, 0.6) is 0 Å². The number of ether oxygens (including phenoxy) is 1. The van der Waals surface area contributed by atoms with Gasteiger partial charge in [-0.05, 0) is 12.3 Å². The lowest BCUT2D eigenvalue weighted by molar-refractivity contribution is 0.0996. The summed E-state index contributed by atoms with van der Waals surface area (Å²) in [6.07, 6.45) is 1.11. The first-order chi connectivity index (χ1) is 8.49. The molecule has 0 aliphatic heterocycles. The van der Waals surface area contributed by atoms with Crippen LogP contribution in [0.2, 0.25) is 0 Å². The van der Waals surface area contributed by atoms with Gasteiger partial charge in [0.15, 0.2) is 0 Å². The van der Waals surface area contributed by atoms with E-state index in [1.165, 1.54) is 10.6 Å². The van der Waals surface area contributed by atoms with E-state index in [-0.39, 0.29) is 6.10 Å². The van der Waals surface area contributed by atoms with E-state index in [4.69, 9.17) is 9.72 Å². The summed E-state index contributed by atoms with van der Waals surface area (Å²) >= 11 is 1.79. The number of rotatable bonds is 7. The van der Waals surface area contributed by atoms with E-state index in [9.17, 15) is 0 Å². The van der Waals surface area contributed by atoms with Crippen LogP contribution in [0.1, 0.15) is 68.6 Å². The second-order valence-electron chi connectivity index (χ2n) is 5.18. The van der Waals surface area contributed by atoms with Crippen LogP contribution in [0, 0.1) is 0 Å². The van der Waals surface area contributed by atoms with Gasteiger partial charge in [0.25, 0.3) is 0 Å². The average Bonchev–Trinajstić information content (AvgIpc) is 2.72. The Bertz CT molecular complexity index is 357. The fourth-order valence-electron chi connectivity index (χ4n) is 1.84. The summed E-state index contributed by atoms with van der Waals surface area (Å²) in [5.41, 5.74) is 1.22. The Morgan fingerprint density at radius 1 is 1.28 bits per heavy atom.